The van der Waals surface area contributed by atoms with Crippen molar-refractivity contribution in [2.24, 2.45) is 10.8 Å². The summed E-state index contributed by atoms with van der Waals surface area (Å²) in [5.74, 6) is 1.69. The zero-order valence-corrected chi connectivity index (χ0v) is 34.1. The Labute approximate surface area is 344 Å². The minimum Gasteiger partial charge on any atom is -0.492 e. The molecule has 0 bridgehead atoms. The number of fused-ring (bicyclic) bond motifs is 3. The molecule has 0 atom stereocenters. The Bertz CT molecular complexity index is 1990. The van der Waals surface area contributed by atoms with Gasteiger partial charge in [0.2, 0.25) is 0 Å². The largest absolute Gasteiger partial charge is 0.492 e. The third-order valence-electron chi connectivity index (χ3n) is 10.2. The molecule has 0 N–H and O–H groups in total. The monoisotopic (exact) mass is 820 g/mol. The smallest absolute Gasteiger partial charge is 0.343 e. The molecule has 10 nitrogen and oxygen atoms in total. The summed E-state index contributed by atoms with van der Waals surface area (Å²) >= 11 is 13.0. The van der Waals surface area contributed by atoms with Gasteiger partial charge in [-0.2, -0.15) is 4.89 Å². The summed E-state index contributed by atoms with van der Waals surface area (Å²) in [6.45, 7) is 11.5. The third kappa shape index (κ3) is 11.2. The van der Waals surface area contributed by atoms with Crippen LogP contribution in [0, 0.1) is 10.8 Å². The molecular formula is C45H50Cl2O10. The molecule has 4 aromatic carbocycles. The molecule has 2 aliphatic heterocycles. The standard InChI is InChI=1S/C45H50Cl2O10/c1-44(27-51-28-44)25-49-15-3-5-17-53-41-13-7-31(19-39(41)46)24-55-57-36-10-12-38-34(22-36)20-33-21-35(9-11-37(33)38)56-43(48)32-8-14-42(40(47)23-32)54-18-6-4-16-50-26-45(2)29-52-30-45/h7-14,19,21-23H,3-6,15-18,20,24-30H2,1-2H3. The van der Waals surface area contributed by atoms with Gasteiger partial charge in [0.1, 0.15) is 23.9 Å². The molecule has 3 aliphatic rings. The fourth-order valence-corrected chi connectivity index (χ4v) is 7.28. The van der Waals surface area contributed by atoms with Crippen LogP contribution in [0.3, 0.4) is 0 Å². The van der Waals surface area contributed by atoms with Gasteiger partial charge in [-0.1, -0.05) is 55.2 Å². The maximum Gasteiger partial charge on any atom is 0.343 e. The number of benzene rings is 4. The lowest BCUT2D eigenvalue weighted by Crippen LogP contribution is -2.43. The molecule has 0 unspecified atom stereocenters. The molecule has 1 aliphatic carbocycles. The van der Waals surface area contributed by atoms with Crippen molar-refractivity contribution in [2.45, 2.75) is 52.6 Å². The Kier molecular flexibility index (Phi) is 13.9. The first-order valence-corrected chi connectivity index (χ1v) is 20.3. The van der Waals surface area contributed by atoms with Crippen LogP contribution >= 0.6 is 23.2 Å². The summed E-state index contributed by atoms with van der Waals surface area (Å²) < 4.78 is 39.6. The first-order chi connectivity index (χ1) is 27.7. The molecule has 2 heterocycles. The van der Waals surface area contributed by atoms with E-state index in [2.05, 4.69) is 13.8 Å². The number of unbranched alkanes of at least 4 members (excludes halogenated alkanes) is 2. The van der Waals surface area contributed by atoms with Crippen LogP contribution in [-0.2, 0) is 36.9 Å². The van der Waals surface area contributed by atoms with Crippen molar-refractivity contribution >= 4 is 29.2 Å². The molecular weight excluding hydrogens is 771 g/mol. The van der Waals surface area contributed by atoms with Crippen LogP contribution in [0.1, 0.15) is 66.6 Å². The maximum absolute atomic E-state index is 13.1. The first-order valence-electron chi connectivity index (χ1n) is 19.6. The van der Waals surface area contributed by atoms with Crippen molar-refractivity contribution < 1.29 is 47.7 Å². The maximum atomic E-state index is 13.1. The van der Waals surface area contributed by atoms with Crippen LogP contribution in [0.15, 0.2) is 72.8 Å². The summed E-state index contributed by atoms with van der Waals surface area (Å²) in [5.41, 5.74) is 5.82. The Morgan fingerprint density at radius 3 is 1.75 bits per heavy atom. The van der Waals surface area contributed by atoms with E-state index in [1.165, 1.54) is 0 Å². The van der Waals surface area contributed by atoms with Gasteiger partial charge in [0, 0.05) is 24.0 Å². The number of halogens is 2. The summed E-state index contributed by atoms with van der Waals surface area (Å²) in [4.78, 5) is 24.3. The second kappa shape index (κ2) is 19.3. The Hall–Kier alpha value is -3.87. The zero-order valence-electron chi connectivity index (χ0n) is 32.6. The van der Waals surface area contributed by atoms with Crippen LogP contribution < -0.4 is 19.1 Å². The molecule has 0 spiro atoms. The lowest BCUT2D eigenvalue weighted by Gasteiger charge is -2.37. The van der Waals surface area contributed by atoms with E-state index in [0.29, 0.717) is 78.1 Å². The number of ether oxygens (including phenoxy) is 7. The molecule has 57 heavy (non-hydrogen) atoms. The molecule has 4 aromatic rings. The first kappa shape index (κ1) is 41.3. The Morgan fingerprint density at radius 1 is 0.649 bits per heavy atom. The highest BCUT2D eigenvalue weighted by atomic mass is 35.5. The van der Waals surface area contributed by atoms with E-state index in [-0.39, 0.29) is 17.4 Å². The molecule has 0 aromatic heterocycles. The van der Waals surface area contributed by atoms with E-state index < -0.39 is 5.97 Å². The van der Waals surface area contributed by atoms with E-state index >= 15 is 0 Å². The zero-order chi connectivity index (χ0) is 39.7. The lowest BCUT2D eigenvalue weighted by atomic mass is 9.90. The minimum absolute atomic E-state index is 0.154. The summed E-state index contributed by atoms with van der Waals surface area (Å²) in [7, 11) is 0. The predicted molar refractivity (Wildman–Crippen MR) is 217 cm³/mol. The lowest BCUT2D eigenvalue weighted by molar-refractivity contribution is -0.217. The van der Waals surface area contributed by atoms with Crippen molar-refractivity contribution in [3.8, 4) is 34.1 Å². The average Bonchev–Trinajstić information content (AvgIpc) is 3.54. The van der Waals surface area contributed by atoms with Crippen LogP contribution in [0.5, 0.6) is 23.0 Å². The number of rotatable bonds is 22. The molecule has 0 amide bonds. The topological polar surface area (TPSA) is 100 Å². The quantitative estimate of drug-likeness (QED) is 0.0221. The van der Waals surface area contributed by atoms with Gasteiger partial charge in [0.15, 0.2) is 5.75 Å². The molecule has 2 fully saturated rings. The van der Waals surface area contributed by atoms with Gasteiger partial charge in [-0.3, -0.25) is 0 Å². The van der Waals surface area contributed by atoms with Crippen LogP contribution in [0.25, 0.3) is 11.1 Å². The van der Waals surface area contributed by atoms with Crippen molar-refractivity contribution in [1.29, 1.82) is 0 Å². The highest BCUT2D eigenvalue weighted by Crippen LogP contribution is 2.40. The van der Waals surface area contributed by atoms with Gasteiger partial charge in [-0.25, -0.2) is 4.79 Å². The van der Waals surface area contributed by atoms with Gasteiger partial charge in [-0.15, -0.1) is 0 Å². The fourth-order valence-electron chi connectivity index (χ4n) is 6.79. The Balaban J connectivity index is 0.810. The third-order valence-corrected chi connectivity index (χ3v) is 10.8. The van der Waals surface area contributed by atoms with Crippen LogP contribution in [0.4, 0.5) is 0 Å². The highest BCUT2D eigenvalue weighted by Gasteiger charge is 2.34. The van der Waals surface area contributed by atoms with Gasteiger partial charge < -0.3 is 38.0 Å². The number of hydrogen-bond donors (Lipinski definition) is 0. The second-order valence-corrected chi connectivity index (χ2v) is 16.6. The number of esters is 1. The summed E-state index contributed by atoms with van der Waals surface area (Å²) in [6.07, 6.45) is 4.16. The second-order valence-electron chi connectivity index (χ2n) is 15.8. The number of carbonyl (C=O) groups excluding carboxylic acids is 1. The van der Waals surface area contributed by atoms with E-state index in [0.717, 1.165) is 86.5 Å². The van der Waals surface area contributed by atoms with E-state index in [9.17, 15) is 4.79 Å². The molecule has 2 saturated heterocycles. The van der Waals surface area contributed by atoms with E-state index in [1.54, 1.807) is 24.3 Å². The highest BCUT2D eigenvalue weighted by molar-refractivity contribution is 6.32. The van der Waals surface area contributed by atoms with Gasteiger partial charge >= 0.3 is 5.97 Å². The van der Waals surface area contributed by atoms with Crippen LogP contribution in [-0.4, -0.2) is 72.0 Å². The molecule has 12 heteroatoms. The fraction of sp³-hybridized carbons (Fsp3) is 0.444. The van der Waals surface area contributed by atoms with Gasteiger partial charge in [-0.05, 0) is 115 Å². The summed E-state index contributed by atoms with van der Waals surface area (Å²) in [5, 5.41) is 0.872. The van der Waals surface area contributed by atoms with Crippen molar-refractivity contribution in [3.63, 3.8) is 0 Å². The summed E-state index contributed by atoms with van der Waals surface area (Å²) in [6, 6.07) is 22.0. The molecule has 0 radical (unpaired) electrons. The molecule has 0 saturated carbocycles. The normalized spacial score (nSPS) is 15.9. The minimum atomic E-state index is -0.500. The average molecular weight is 822 g/mol. The molecule has 7 rings (SSSR count). The van der Waals surface area contributed by atoms with E-state index in [1.807, 2.05) is 48.5 Å². The molecule has 304 valence electrons. The van der Waals surface area contributed by atoms with Crippen molar-refractivity contribution in [2.75, 3.05) is 66.1 Å². The van der Waals surface area contributed by atoms with Crippen LogP contribution in [0.2, 0.25) is 10.0 Å². The number of hydrogen-bond acceptors (Lipinski definition) is 10. The predicted octanol–water partition coefficient (Wildman–Crippen LogP) is 9.72. The number of carbonyl (C=O) groups is 1. The van der Waals surface area contributed by atoms with Crippen molar-refractivity contribution in [1.82, 2.24) is 0 Å². The van der Waals surface area contributed by atoms with Gasteiger partial charge in [0.25, 0.3) is 0 Å². The van der Waals surface area contributed by atoms with Crippen molar-refractivity contribution in [3.05, 3.63) is 105 Å². The van der Waals surface area contributed by atoms with E-state index in [4.69, 9.17) is 66.1 Å². The Morgan fingerprint density at radius 2 is 1.19 bits per heavy atom. The SMILES string of the molecule is CC1(COCCCCOc2ccc(COOc3ccc4c(c3)Cc3cc(OC(=O)c5ccc(OCCCCOCC6(C)COC6)c(Cl)c5)ccc3-4)cc2Cl)COC1. The van der Waals surface area contributed by atoms with Gasteiger partial charge in [0.05, 0.1) is 68.5 Å².